The van der Waals surface area contributed by atoms with Crippen molar-refractivity contribution in [3.8, 4) is 0 Å². The molecule has 0 aromatic carbocycles. The van der Waals surface area contributed by atoms with Gasteiger partial charge in [0.2, 0.25) is 0 Å². The van der Waals surface area contributed by atoms with Crippen molar-refractivity contribution in [3.05, 3.63) is 28.2 Å². The molecule has 0 aliphatic heterocycles. The van der Waals surface area contributed by atoms with Crippen molar-refractivity contribution in [1.29, 1.82) is 0 Å². The Morgan fingerprint density at radius 1 is 1.71 bits per heavy atom. The maximum absolute atomic E-state index is 5.99. The summed E-state index contributed by atoms with van der Waals surface area (Å²) in [6.45, 7) is 7.93. The van der Waals surface area contributed by atoms with Gasteiger partial charge in [-0.25, -0.2) is 4.98 Å². The van der Waals surface area contributed by atoms with Gasteiger partial charge in [-0.15, -0.1) is 17.9 Å². The van der Waals surface area contributed by atoms with Crippen LogP contribution in [0.2, 0.25) is 0 Å². The third-order valence-corrected chi connectivity index (χ3v) is 2.90. The fourth-order valence-electron chi connectivity index (χ4n) is 1.30. The van der Waals surface area contributed by atoms with Crippen molar-refractivity contribution >= 4 is 11.3 Å². The Morgan fingerprint density at radius 2 is 2.43 bits per heavy atom. The zero-order valence-corrected chi connectivity index (χ0v) is 9.73. The maximum atomic E-state index is 5.99. The van der Waals surface area contributed by atoms with E-state index in [0.717, 1.165) is 30.0 Å². The van der Waals surface area contributed by atoms with Crippen LogP contribution in [0.1, 0.15) is 30.5 Å². The highest BCUT2D eigenvalue weighted by atomic mass is 32.1. The molecule has 0 fully saturated rings. The molecule has 2 N–H and O–H groups in total. The van der Waals surface area contributed by atoms with Crippen LogP contribution in [0.5, 0.6) is 0 Å². The molecule has 2 nitrogen and oxygen atoms in total. The molecule has 0 aliphatic rings. The Labute approximate surface area is 89.9 Å². The van der Waals surface area contributed by atoms with Crippen molar-refractivity contribution in [2.45, 2.75) is 39.2 Å². The fraction of sp³-hybridized carbons (Fsp3) is 0.545. The van der Waals surface area contributed by atoms with Crippen LogP contribution >= 0.6 is 11.3 Å². The Hall–Kier alpha value is -0.670. The zero-order valence-electron chi connectivity index (χ0n) is 8.92. The van der Waals surface area contributed by atoms with Crippen LogP contribution in [0.3, 0.4) is 0 Å². The minimum Gasteiger partial charge on any atom is -0.327 e. The van der Waals surface area contributed by atoms with E-state index in [1.807, 2.05) is 13.8 Å². The molecule has 3 heteroatoms. The first-order valence-electron chi connectivity index (χ1n) is 4.89. The monoisotopic (exact) mass is 210 g/mol. The Balaban J connectivity index is 2.33. The number of rotatable bonds is 5. The summed E-state index contributed by atoms with van der Waals surface area (Å²) in [4.78, 5) is 4.39. The van der Waals surface area contributed by atoms with Crippen LogP contribution in [0, 0.1) is 6.92 Å². The van der Waals surface area contributed by atoms with Gasteiger partial charge in [0.25, 0.3) is 0 Å². The SMILES string of the molecule is C=C(C)CCC(N)Cc1csc(C)n1. The number of hydrogen-bond donors (Lipinski definition) is 1. The summed E-state index contributed by atoms with van der Waals surface area (Å²) in [5.41, 5.74) is 8.32. The molecule has 1 aromatic rings. The summed E-state index contributed by atoms with van der Waals surface area (Å²) >= 11 is 1.69. The van der Waals surface area contributed by atoms with Crippen LogP contribution in [0.4, 0.5) is 0 Å². The number of thiazole rings is 1. The zero-order chi connectivity index (χ0) is 10.6. The summed E-state index contributed by atoms with van der Waals surface area (Å²) in [6.07, 6.45) is 2.91. The van der Waals surface area contributed by atoms with Gasteiger partial charge in [0.05, 0.1) is 10.7 Å². The molecule has 0 radical (unpaired) electrons. The van der Waals surface area contributed by atoms with Crippen LogP contribution in [0.15, 0.2) is 17.5 Å². The van der Waals surface area contributed by atoms with Gasteiger partial charge < -0.3 is 5.73 Å². The summed E-state index contributed by atoms with van der Waals surface area (Å²) in [7, 11) is 0. The lowest BCUT2D eigenvalue weighted by Crippen LogP contribution is -2.22. The van der Waals surface area contributed by atoms with E-state index in [4.69, 9.17) is 5.73 Å². The highest BCUT2D eigenvalue weighted by molar-refractivity contribution is 7.09. The standard InChI is InChI=1S/C11H18N2S/c1-8(2)4-5-10(12)6-11-7-14-9(3)13-11/h7,10H,1,4-6,12H2,2-3H3. The van der Waals surface area contributed by atoms with Crippen molar-refractivity contribution in [1.82, 2.24) is 4.98 Å². The molecule has 1 unspecified atom stereocenters. The van der Waals surface area contributed by atoms with Gasteiger partial charge in [0.15, 0.2) is 0 Å². The van der Waals surface area contributed by atoms with E-state index in [-0.39, 0.29) is 6.04 Å². The third-order valence-electron chi connectivity index (χ3n) is 2.08. The molecule has 14 heavy (non-hydrogen) atoms. The molecule has 0 bridgehead atoms. The lowest BCUT2D eigenvalue weighted by molar-refractivity contribution is 0.602. The average Bonchev–Trinajstić information content (AvgIpc) is 2.48. The van der Waals surface area contributed by atoms with Gasteiger partial charge in [0.1, 0.15) is 0 Å². The summed E-state index contributed by atoms with van der Waals surface area (Å²) in [5.74, 6) is 0. The predicted molar refractivity (Wildman–Crippen MR) is 62.6 cm³/mol. The van der Waals surface area contributed by atoms with Gasteiger partial charge in [-0.05, 0) is 26.7 Å². The second kappa shape index (κ2) is 5.27. The Kier molecular flexibility index (Phi) is 4.29. The molecular weight excluding hydrogens is 192 g/mol. The lowest BCUT2D eigenvalue weighted by atomic mass is 10.0. The molecule has 1 aromatic heterocycles. The first kappa shape index (κ1) is 11.4. The van der Waals surface area contributed by atoms with Crippen LogP contribution in [-0.2, 0) is 6.42 Å². The van der Waals surface area contributed by atoms with Gasteiger partial charge in [-0.1, -0.05) is 5.57 Å². The van der Waals surface area contributed by atoms with E-state index >= 15 is 0 Å². The van der Waals surface area contributed by atoms with Crippen LogP contribution in [0.25, 0.3) is 0 Å². The minimum absolute atomic E-state index is 0.216. The molecule has 0 saturated carbocycles. The van der Waals surface area contributed by atoms with E-state index in [9.17, 15) is 0 Å². The summed E-state index contributed by atoms with van der Waals surface area (Å²) in [5, 5.41) is 3.21. The maximum Gasteiger partial charge on any atom is 0.0897 e. The van der Waals surface area contributed by atoms with Crippen LogP contribution in [-0.4, -0.2) is 11.0 Å². The van der Waals surface area contributed by atoms with Crippen molar-refractivity contribution in [3.63, 3.8) is 0 Å². The number of hydrogen-bond acceptors (Lipinski definition) is 3. The number of allylic oxidation sites excluding steroid dienone is 1. The normalized spacial score (nSPS) is 12.8. The van der Waals surface area contributed by atoms with Gasteiger partial charge in [-0.3, -0.25) is 0 Å². The summed E-state index contributed by atoms with van der Waals surface area (Å²) < 4.78 is 0. The van der Waals surface area contributed by atoms with Crippen molar-refractivity contribution in [2.24, 2.45) is 5.73 Å². The highest BCUT2D eigenvalue weighted by Gasteiger charge is 2.06. The first-order valence-corrected chi connectivity index (χ1v) is 5.77. The molecule has 1 atom stereocenters. The topological polar surface area (TPSA) is 38.9 Å². The van der Waals surface area contributed by atoms with Gasteiger partial charge >= 0.3 is 0 Å². The number of nitrogens with zero attached hydrogens (tertiary/aromatic N) is 1. The van der Waals surface area contributed by atoms with E-state index in [0.29, 0.717) is 0 Å². The van der Waals surface area contributed by atoms with Crippen molar-refractivity contribution in [2.75, 3.05) is 0 Å². The average molecular weight is 210 g/mol. The second-order valence-corrected chi connectivity index (χ2v) is 4.88. The minimum atomic E-state index is 0.216. The first-order chi connectivity index (χ1) is 6.58. The van der Waals surface area contributed by atoms with E-state index in [2.05, 4.69) is 16.9 Å². The Bertz CT molecular complexity index is 304. The second-order valence-electron chi connectivity index (χ2n) is 3.82. The summed E-state index contributed by atoms with van der Waals surface area (Å²) in [6, 6.07) is 0.216. The molecular formula is C11H18N2S. The van der Waals surface area contributed by atoms with Gasteiger partial charge in [-0.2, -0.15) is 0 Å². The molecule has 0 aliphatic carbocycles. The predicted octanol–water partition coefficient (Wildman–Crippen LogP) is 2.68. The highest BCUT2D eigenvalue weighted by Crippen LogP contribution is 2.12. The number of aryl methyl sites for hydroxylation is 1. The molecule has 1 rings (SSSR count). The molecule has 1 heterocycles. The van der Waals surface area contributed by atoms with Gasteiger partial charge in [0, 0.05) is 17.8 Å². The van der Waals surface area contributed by atoms with E-state index < -0.39 is 0 Å². The van der Waals surface area contributed by atoms with E-state index in [1.54, 1.807) is 11.3 Å². The molecule has 78 valence electrons. The smallest absolute Gasteiger partial charge is 0.0897 e. The number of nitrogens with two attached hydrogens (primary N) is 1. The van der Waals surface area contributed by atoms with Crippen molar-refractivity contribution < 1.29 is 0 Å². The quantitative estimate of drug-likeness (QED) is 0.759. The Morgan fingerprint density at radius 3 is 2.93 bits per heavy atom. The lowest BCUT2D eigenvalue weighted by Gasteiger charge is -2.09. The molecule has 0 saturated heterocycles. The molecule has 0 spiro atoms. The fourth-order valence-corrected chi connectivity index (χ4v) is 1.93. The third kappa shape index (κ3) is 4.03. The largest absolute Gasteiger partial charge is 0.327 e. The van der Waals surface area contributed by atoms with E-state index in [1.165, 1.54) is 5.57 Å². The molecule has 0 amide bonds. The van der Waals surface area contributed by atoms with Crippen LogP contribution < -0.4 is 5.73 Å². The number of aromatic nitrogens is 1.